The first-order chi connectivity index (χ1) is 11.5. The maximum atomic E-state index is 11.9. The molecule has 1 aliphatic carbocycles. The van der Waals surface area contributed by atoms with Gasteiger partial charge in [0.25, 0.3) is 5.91 Å². The van der Waals surface area contributed by atoms with Gasteiger partial charge in [0.2, 0.25) is 0 Å². The number of carbonyl (C=O) groups is 1. The van der Waals surface area contributed by atoms with E-state index in [2.05, 4.69) is 17.3 Å². The lowest BCUT2D eigenvalue weighted by Crippen LogP contribution is -2.55. The molecule has 2 N–H and O–H groups in total. The lowest BCUT2D eigenvalue weighted by atomic mass is 9.82. The van der Waals surface area contributed by atoms with Crippen molar-refractivity contribution in [2.45, 2.75) is 37.6 Å². The molecule has 4 atom stereocenters. The van der Waals surface area contributed by atoms with Gasteiger partial charge in [-0.15, -0.1) is 0 Å². The fourth-order valence-corrected chi connectivity index (χ4v) is 3.19. The molecule has 0 aliphatic heterocycles. The van der Waals surface area contributed by atoms with E-state index in [0.717, 1.165) is 5.56 Å². The van der Waals surface area contributed by atoms with Gasteiger partial charge in [-0.05, 0) is 37.1 Å². The Morgan fingerprint density at radius 3 is 2.62 bits per heavy atom. The molecule has 0 spiro atoms. The second-order valence-corrected chi connectivity index (χ2v) is 6.60. The Bertz CT molecular complexity index is 682. The van der Waals surface area contributed by atoms with Crippen LogP contribution in [-0.2, 0) is 0 Å². The first kappa shape index (κ1) is 16.7. The van der Waals surface area contributed by atoms with Crippen molar-refractivity contribution in [2.24, 2.45) is 0 Å². The number of nitrogens with zero attached hydrogens (tertiary/aromatic N) is 3. The van der Waals surface area contributed by atoms with Crippen LogP contribution in [0.5, 0.6) is 0 Å². The van der Waals surface area contributed by atoms with E-state index in [-0.39, 0.29) is 30.1 Å². The van der Waals surface area contributed by atoms with E-state index < -0.39 is 0 Å². The predicted octanol–water partition coefficient (Wildman–Crippen LogP) is 1.61. The topological polar surface area (TPSA) is 70.4 Å². The van der Waals surface area contributed by atoms with Crippen molar-refractivity contribution in [3.63, 3.8) is 0 Å². The molecule has 128 valence electrons. The van der Waals surface area contributed by atoms with Gasteiger partial charge in [-0.25, -0.2) is 0 Å². The molecule has 1 aromatic carbocycles. The lowest BCUT2D eigenvalue weighted by molar-refractivity contribution is -0.0110. The third-order valence-electron chi connectivity index (χ3n) is 4.66. The first-order valence-corrected chi connectivity index (χ1v) is 8.22. The minimum Gasteiger partial charge on any atom is -0.391 e. The van der Waals surface area contributed by atoms with Crippen LogP contribution in [0.2, 0.25) is 0 Å². The second-order valence-electron chi connectivity index (χ2n) is 6.60. The van der Waals surface area contributed by atoms with Crippen molar-refractivity contribution < 1.29 is 9.90 Å². The fraction of sp³-hybridized carbons (Fsp3) is 0.444. The largest absolute Gasteiger partial charge is 0.391 e. The minimum absolute atomic E-state index is 0.00280. The van der Waals surface area contributed by atoms with Crippen LogP contribution in [0.15, 0.2) is 42.7 Å². The molecular formula is C18H24N4O2. The maximum Gasteiger partial charge on any atom is 0.253 e. The molecule has 1 unspecified atom stereocenters. The van der Waals surface area contributed by atoms with Crippen LogP contribution in [0.3, 0.4) is 0 Å². The zero-order chi connectivity index (χ0) is 17.3. The molecule has 6 heteroatoms. The summed E-state index contributed by atoms with van der Waals surface area (Å²) in [7, 11) is 3.50. The fourth-order valence-electron chi connectivity index (χ4n) is 3.19. The van der Waals surface area contributed by atoms with Gasteiger partial charge in [-0.3, -0.25) is 9.48 Å². The van der Waals surface area contributed by atoms with Crippen molar-refractivity contribution in [1.82, 2.24) is 20.0 Å². The zero-order valence-corrected chi connectivity index (χ0v) is 14.3. The number of rotatable bonds is 5. The molecule has 1 saturated carbocycles. The molecule has 1 aliphatic rings. The molecule has 24 heavy (non-hydrogen) atoms. The second kappa shape index (κ2) is 6.75. The summed E-state index contributed by atoms with van der Waals surface area (Å²) in [4.78, 5) is 13.5. The lowest BCUT2D eigenvalue weighted by Gasteiger charge is -2.43. The number of aromatic nitrogens is 2. The van der Waals surface area contributed by atoms with Crippen molar-refractivity contribution in [3.05, 3.63) is 53.9 Å². The highest BCUT2D eigenvalue weighted by molar-refractivity contribution is 5.93. The summed E-state index contributed by atoms with van der Waals surface area (Å²) in [6.45, 7) is 2.09. The standard InChI is InChI=1S/C18H24N4O2/c1-12(13-5-7-14(8-6-13)18(24)21(2)3)20-15-11-16(23)17(15)22-10-4-9-19-22/h4-10,12,15-17,20,23H,11H2,1-3H3/t12?,15-,16+,17+/m0/s1. The summed E-state index contributed by atoms with van der Waals surface area (Å²) < 4.78 is 1.82. The smallest absolute Gasteiger partial charge is 0.253 e. The number of aliphatic hydroxyl groups excluding tert-OH is 1. The average molecular weight is 328 g/mol. The van der Waals surface area contributed by atoms with Crippen molar-refractivity contribution in [1.29, 1.82) is 0 Å². The minimum atomic E-state index is -0.366. The Morgan fingerprint density at radius 1 is 1.38 bits per heavy atom. The van der Waals surface area contributed by atoms with Crippen molar-refractivity contribution in [2.75, 3.05) is 14.1 Å². The van der Waals surface area contributed by atoms with E-state index in [0.29, 0.717) is 12.0 Å². The van der Waals surface area contributed by atoms with Gasteiger partial charge in [0.15, 0.2) is 0 Å². The van der Waals surface area contributed by atoms with Crippen LogP contribution in [0, 0.1) is 0 Å². The monoisotopic (exact) mass is 328 g/mol. The molecule has 1 fully saturated rings. The number of aliphatic hydroxyl groups is 1. The van der Waals surface area contributed by atoms with E-state index in [1.807, 2.05) is 41.2 Å². The van der Waals surface area contributed by atoms with Gasteiger partial charge in [0, 0.05) is 44.1 Å². The van der Waals surface area contributed by atoms with Gasteiger partial charge in [0.05, 0.1) is 12.1 Å². The maximum absolute atomic E-state index is 11.9. The normalized spacial score (nSPS) is 24.2. The SMILES string of the molecule is CC(N[C@H]1C[C@@H](O)[C@@H]1n1cccn1)c1ccc(C(=O)N(C)C)cc1. The van der Waals surface area contributed by atoms with E-state index in [1.54, 1.807) is 25.2 Å². The molecule has 2 aromatic rings. The number of amides is 1. The Hall–Kier alpha value is -2.18. The van der Waals surface area contributed by atoms with E-state index in [1.165, 1.54) is 0 Å². The molecular weight excluding hydrogens is 304 g/mol. The number of benzene rings is 1. The van der Waals surface area contributed by atoms with Crippen LogP contribution >= 0.6 is 0 Å². The van der Waals surface area contributed by atoms with Crippen LogP contribution in [0.4, 0.5) is 0 Å². The van der Waals surface area contributed by atoms with Gasteiger partial charge >= 0.3 is 0 Å². The summed E-state index contributed by atoms with van der Waals surface area (Å²) in [5, 5.41) is 17.8. The van der Waals surface area contributed by atoms with Crippen LogP contribution in [0.25, 0.3) is 0 Å². The number of hydrogen-bond acceptors (Lipinski definition) is 4. The summed E-state index contributed by atoms with van der Waals surface area (Å²) in [6.07, 6.45) is 3.96. The number of hydrogen-bond donors (Lipinski definition) is 2. The predicted molar refractivity (Wildman–Crippen MR) is 91.7 cm³/mol. The molecule has 0 radical (unpaired) electrons. The quantitative estimate of drug-likeness (QED) is 0.875. The Balaban J connectivity index is 1.65. The molecule has 0 bridgehead atoms. The highest BCUT2D eigenvalue weighted by Crippen LogP contribution is 2.34. The first-order valence-electron chi connectivity index (χ1n) is 8.22. The van der Waals surface area contributed by atoms with Crippen LogP contribution < -0.4 is 5.32 Å². The molecule has 1 aromatic heterocycles. The molecule has 3 rings (SSSR count). The Kier molecular flexibility index (Phi) is 4.69. The van der Waals surface area contributed by atoms with Gasteiger partial charge in [-0.1, -0.05) is 12.1 Å². The molecule has 0 saturated heterocycles. The Labute approximate surface area is 142 Å². The van der Waals surface area contributed by atoms with E-state index in [4.69, 9.17) is 0 Å². The highest BCUT2D eigenvalue weighted by atomic mass is 16.3. The van der Waals surface area contributed by atoms with Crippen LogP contribution in [0.1, 0.15) is 41.3 Å². The number of carbonyl (C=O) groups excluding carboxylic acids is 1. The summed E-state index contributed by atoms with van der Waals surface area (Å²) in [6, 6.07) is 9.82. The highest BCUT2D eigenvalue weighted by Gasteiger charge is 2.42. The van der Waals surface area contributed by atoms with Gasteiger partial charge in [-0.2, -0.15) is 5.10 Å². The number of nitrogens with one attached hydrogen (secondary N) is 1. The van der Waals surface area contributed by atoms with E-state index >= 15 is 0 Å². The Morgan fingerprint density at radius 2 is 2.08 bits per heavy atom. The van der Waals surface area contributed by atoms with Gasteiger partial charge < -0.3 is 15.3 Å². The summed E-state index contributed by atoms with van der Waals surface area (Å²) >= 11 is 0. The average Bonchev–Trinajstić information content (AvgIpc) is 3.06. The van der Waals surface area contributed by atoms with Crippen LogP contribution in [-0.4, -0.2) is 51.9 Å². The van der Waals surface area contributed by atoms with Crippen molar-refractivity contribution in [3.8, 4) is 0 Å². The molecule has 1 heterocycles. The van der Waals surface area contributed by atoms with Gasteiger partial charge in [0.1, 0.15) is 0 Å². The summed E-state index contributed by atoms with van der Waals surface area (Å²) in [5.41, 5.74) is 1.80. The van der Waals surface area contributed by atoms with E-state index in [9.17, 15) is 9.90 Å². The third kappa shape index (κ3) is 3.20. The van der Waals surface area contributed by atoms with Crippen molar-refractivity contribution >= 4 is 5.91 Å². The molecule has 1 amide bonds. The summed E-state index contributed by atoms with van der Waals surface area (Å²) in [5.74, 6) is 0.00280. The zero-order valence-electron chi connectivity index (χ0n) is 14.3. The third-order valence-corrected chi connectivity index (χ3v) is 4.66. The molecule has 6 nitrogen and oxygen atoms in total.